The lowest BCUT2D eigenvalue weighted by atomic mass is 9.77. The van der Waals surface area contributed by atoms with Crippen molar-refractivity contribution < 1.29 is 4.79 Å². The average Bonchev–Trinajstić information content (AvgIpc) is 2.64. The number of halogens is 1. The summed E-state index contributed by atoms with van der Waals surface area (Å²) in [6.45, 7) is 0.593. The first-order valence-electron chi connectivity index (χ1n) is 8.98. The van der Waals surface area contributed by atoms with Crippen LogP contribution in [0.1, 0.15) is 49.1 Å². The third kappa shape index (κ3) is 5.07. The first kappa shape index (κ1) is 18.0. The summed E-state index contributed by atoms with van der Waals surface area (Å²) in [6.07, 6.45) is 5.12. The van der Waals surface area contributed by atoms with Gasteiger partial charge in [-0.15, -0.1) is 0 Å². The third-order valence-electron chi connectivity index (χ3n) is 5.14. The summed E-state index contributed by atoms with van der Waals surface area (Å²) in [5.74, 6) is 1.19. The summed E-state index contributed by atoms with van der Waals surface area (Å²) in [5, 5.41) is 3.64. The van der Waals surface area contributed by atoms with Crippen LogP contribution in [0.4, 0.5) is 5.69 Å². The maximum Gasteiger partial charge on any atom is 0.224 e. The predicted octanol–water partition coefficient (Wildman–Crippen LogP) is 5.10. The Kier molecular flexibility index (Phi) is 6.11. The zero-order chi connectivity index (χ0) is 17.6. The van der Waals surface area contributed by atoms with Crippen molar-refractivity contribution in [3.63, 3.8) is 0 Å². The lowest BCUT2D eigenvalue weighted by molar-refractivity contribution is -0.117. The van der Waals surface area contributed by atoms with E-state index in [-0.39, 0.29) is 5.91 Å². The van der Waals surface area contributed by atoms with Gasteiger partial charge in [-0.1, -0.05) is 35.9 Å². The van der Waals surface area contributed by atoms with Gasteiger partial charge in [0.05, 0.1) is 0 Å². The highest BCUT2D eigenvalue weighted by Crippen LogP contribution is 2.37. The number of amides is 1. The second kappa shape index (κ2) is 8.50. The summed E-state index contributed by atoms with van der Waals surface area (Å²) in [5.41, 5.74) is 9.05. The van der Waals surface area contributed by atoms with Gasteiger partial charge < -0.3 is 11.1 Å². The largest absolute Gasteiger partial charge is 0.326 e. The molecule has 0 radical (unpaired) electrons. The maximum absolute atomic E-state index is 12.2. The van der Waals surface area contributed by atoms with E-state index in [1.807, 2.05) is 12.1 Å². The van der Waals surface area contributed by atoms with E-state index in [1.54, 1.807) is 12.1 Å². The van der Waals surface area contributed by atoms with Crippen LogP contribution in [0.25, 0.3) is 0 Å². The zero-order valence-electron chi connectivity index (χ0n) is 14.4. The van der Waals surface area contributed by atoms with Crippen LogP contribution in [-0.4, -0.2) is 5.91 Å². The highest BCUT2D eigenvalue weighted by molar-refractivity contribution is 6.30. The molecule has 1 aliphatic carbocycles. The van der Waals surface area contributed by atoms with Crippen LogP contribution in [-0.2, 0) is 11.3 Å². The average molecular weight is 357 g/mol. The lowest BCUT2D eigenvalue weighted by Crippen LogP contribution is -2.20. The first-order valence-corrected chi connectivity index (χ1v) is 9.36. The van der Waals surface area contributed by atoms with Crippen molar-refractivity contribution in [3.8, 4) is 0 Å². The molecule has 0 aromatic heterocycles. The summed E-state index contributed by atoms with van der Waals surface area (Å²) >= 11 is 5.87. The topological polar surface area (TPSA) is 55.1 Å². The Morgan fingerprint density at radius 2 is 1.64 bits per heavy atom. The molecule has 0 heterocycles. The molecule has 2 aromatic rings. The molecule has 0 spiro atoms. The molecule has 25 heavy (non-hydrogen) atoms. The molecule has 132 valence electrons. The van der Waals surface area contributed by atoms with Gasteiger partial charge in [0.1, 0.15) is 0 Å². The van der Waals surface area contributed by atoms with Crippen LogP contribution in [0.5, 0.6) is 0 Å². The van der Waals surface area contributed by atoms with Crippen molar-refractivity contribution in [2.24, 2.45) is 11.7 Å². The Bertz CT molecular complexity index is 689. The minimum atomic E-state index is 0.0954. The molecule has 1 aliphatic rings. The van der Waals surface area contributed by atoms with E-state index in [2.05, 4.69) is 29.6 Å². The molecule has 3 N–H and O–H groups in total. The molecule has 1 fully saturated rings. The predicted molar refractivity (Wildman–Crippen MR) is 104 cm³/mol. The monoisotopic (exact) mass is 356 g/mol. The fourth-order valence-electron chi connectivity index (χ4n) is 3.63. The van der Waals surface area contributed by atoms with E-state index in [1.165, 1.54) is 11.1 Å². The number of hydrogen-bond acceptors (Lipinski definition) is 2. The lowest BCUT2D eigenvalue weighted by Gasteiger charge is -2.28. The van der Waals surface area contributed by atoms with E-state index in [0.29, 0.717) is 29.8 Å². The van der Waals surface area contributed by atoms with Gasteiger partial charge >= 0.3 is 0 Å². The molecule has 0 unspecified atom stereocenters. The van der Waals surface area contributed by atoms with Crippen molar-refractivity contribution in [1.29, 1.82) is 0 Å². The smallest absolute Gasteiger partial charge is 0.224 e. The first-order chi connectivity index (χ1) is 12.1. The highest BCUT2D eigenvalue weighted by Gasteiger charge is 2.24. The molecule has 3 nitrogen and oxygen atoms in total. The summed E-state index contributed by atoms with van der Waals surface area (Å²) < 4.78 is 0. The second-order valence-electron chi connectivity index (χ2n) is 6.92. The normalized spacial score (nSPS) is 20.2. The molecule has 4 heteroatoms. The fourth-order valence-corrected chi connectivity index (χ4v) is 3.76. The second-order valence-corrected chi connectivity index (χ2v) is 7.36. The van der Waals surface area contributed by atoms with E-state index < -0.39 is 0 Å². The van der Waals surface area contributed by atoms with Gasteiger partial charge in [0, 0.05) is 23.7 Å². The fraction of sp³-hybridized carbons (Fsp3) is 0.381. The van der Waals surface area contributed by atoms with Crippen molar-refractivity contribution in [2.75, 3.05) is 5.32 Å². The molecule has 3 rings (SSSR count). The van der Waals surface area contributed by atoms with Crippen molar-refractivity contribution in [3.05, 3.63) is 64.7 Å². The number of carbonyl (C=O) groups excluding carboxylic acids is 1. The third-order valence-corrected chi connectivity index (χ3v) is 5.39. The van der Waals surface area contributed by atoms with Crippen LogP contribution >= 0.6 is 11.6 Å². The van der Waals surface area contributed by atoms with Gasteiger partial charge in [0.25, 0.3) is 0 Å². The molecule has 0 saturated heterocycles. The quantitative estimate of drug-likeness (QED) is 0.782. The summed E-state index contributed by atoms with van der Waals surface area (Å²) in [4.78, 5) is 12.2. The number of rotatable bonds is 5. The van der Waals surface area contributed by atoms with Gasteiger partial charge in [-0.3, -0.25) is 4.79 Å². The minimum absolute atomic E-state index is 0.0954. The molecule has 0 atom stereocenters. The number of anilines is 1. The Balaban J connectivity index is 1.46. The van der Waals surface area contributed by atoms with E-state index in [9.17, 15) is 4.79 Å². The van der Waals surface area contributed by atoms with Gasteiger partial charge in [0.15, 0.2) is 0 Å². The number of nitrogens with two attached hydrogens (primary N) is 1. The maximum atomic E-state index is 12.2. The van der Waals surface area contributed by atoms with Gasteiger partial charge in [-0.25, -0.2) is 0 Å². The molecular formula is C21H25ClN2O. The molecule has 1 amide bonds. The summed E-state index contributed by atoms with van der Waals surface area (Å²) in [7, 11) is 0. The number of benzene rings is 2. The van der Waals surface area contributed by atoms with E-state index in [4.69, 9.17) is 17.3 Å². The SMILES string of the molecule is NCc1ccc(C2CCC(CC(=O)Nc3ccc(Cl)cc3)CC2)cc1. The van der Waals surface area contributed by atoms with Crippen LogP contribution in [0.2, 0.25) is 5.02 Å². The standard InChI is InChI=1S/C21H25ClN2O/c22-19-9-11-20(12-10-19)24-21(25)13-15-1-5-17(6-2-15)18-7-3-16(14-23)4-8-18/h3-4,7-12,15,17H,1-2,5-6,13-14,23H2,(H,24,25). The zero-order valence-corrected chi connectivity index (χ0v) is 15.1. The minimum Gasteiger partial charge on any atom is -0.326 e. The van der Waals surface area contributed by atoms with E-state index in [0.717, 1.165) is 31.4 Å². The highest BCUT2D eigenvalue weighted by atomic mass is 35.5. The van der Waals surface area contributed by atoms with Crippen LogP contribution in [0.15, 0.2) is 48.5 Å². The van der Waals surface area contributed by atoms with Gasteiger partial charge in [-0.2, -0.15) is 0 Å². The van der Waals surface area contributed by atoms with Crippen LogP contribution in [0, 0.1) is 5.92 Å². The van der Waals surface area contributed by atoms with Gasteiger partial charge in [0.2, 0.25) is 5.91 Å². The van der Waals surface area contributed by atoms with Crippen molar-refractivity contribution in [1.82, 2.24) is 0 Å². The molecule has 2 aromatic carbocycles. The van der Waals surface area contributed by atoms with Crippen molar-refractivity contribution in [2.45, 2.75) is 44.6 Å². The molecular weight excluding hydrogens is 332 g/mol. The Labute approximate surface area is 154 Å². The van der Waals surface area contributed by atoms with Crippen LogP contribution in [0.3, 0.4) is 0 Å². The molecule has 0 bridgehead atoms. The Hall–Kier alpha value is -1.84. The van der Waals surface area contributed by atoms with Crippen molar-refractivity contribution >= 4 is 23.2 Å². The van der Waals surface area contributed by atoms with E-state index >= 15 is 0 Å². The summed E-state index contributed by atoms with van der Waals surface area (Å²) in [6, 6.07) is 15.9. The van der Waals surface area contributed by atoms with Crippen LogP contribution < -0.4 is 11.1 Å². The number of nitrogens with one attached hydrogen (secondary N) is 1. The Morgan fingerprint density at radius 3 is 2.24 bits per heavy atom. The molecule has 1 saturated carbocycles. The molecule has 0 aliphatic heterocycles. The number of carbonyl (C=O) groups is 1. The number of hydrogen-bond donors (Lipinski definition) is 2. The Morgan fingerprint density at radius 1 is 1.00 bits per heavy atom. The van der Waals surface area contributed by atoms with Gasteiger partial charge in [-0.05, 0) is 72.9 Å².